The first-order chi connectivity index (χ1) is 13.5. The molecule has 1 heterocycles. The van der Waals surface area contributed by atoms with Crippen LogP contribution in [0.25, 0.3) is 0 Å². The van der Waals surface area contributed by atoms with Gasteiger partial charge in [0.05, 0.1) is 6.54 Å². The highest BCUT2D eigenvalue weighted by atomic mass is 16.6. The van der Waals surface area contributed by atoms with Gasteiger partial charge in [-0.15, -0.1) is 0 Å². The van der Waals surface area contributed by atoms with Crippen molar-refractivity contribution < 1.29 is 28.5 Å². The molecule has 0 bridgehead atoms. The average Bonchev–Trinajstić information content (AvgIpc) is 2.71. The second-order valence-corrected chi connectivity index (χ2v) is 6.45. The summed E-state index contributed by atoms with van der Waals surface area (Å²) in [6, 6.07) is 12.9. The number of fused-ring (bicyclic) bond motifs is 1. The van der Waals surface area contributed by atoms with Gasteiger partial charge in [-0.25, -0.2) is 4.79 Å². The summed E-state index contributed by atoms with van der Waals surface area (Å²) in [6.07, 6.45) is -0.304. The van der Waals surface area contributed by atoms with Gasteiger partial charge < -0.3 is 24.3 Å². The molecule has 0 unspecified atom stereocenters. The van der Waals surface area contributed by atoms with E-state index in [9.17, 15) is 9.59 Å². The summed E-state index contributed by atoms with van der Waals surface area (Å²) in [5.74, 6) is 0.923. The minimum atomic E-state index is -0.609. The van der Waals surface area contributed by atoms with Crippen LogP contribution in [0.1, 0.15) is 11.1 Å². The Bertz CT molecular complexity index is 851. The molecule has 28 heavy (non-hydrogen) atoms. The predicted molar refractivity (Wildman–Crippen MR) is 102 cm³/mol. The molecule has 0 saturated carbocycles. The number of ether oxygens (including phenoxy) is 4. The van der Waals surface area contributed by atoms with E-state index < -0.39 is 11.9 Å². The fourth-order valence-corrected chi connectivity index (χ4v) is 2.65. The zero-order valence-electron chi connectivity index (χ0n) is 15.9. The minimum absolute atomic E-state index is 0.254. The molecule has 2 aromatic carbocycles. The molecular formula is C21H23NO6. The quantitative estimate of drug-likeness (QED) is 0.736. The Hall–Kier alpha value is -3.22. The zero-order chi connectivity index (χ0) is 19.9. The van der Waals surface area contributed by atoms with Gasteiger partial charge in [0.2, 0.25) is 0 Å². The molecule has 1 aliphatic heterocycles. The first-order valence-electron chi connectivity index (χ1n) is 9.02. The zero-order valence-corrected chi connectivity index (χ0v) is 15.9. The van der Waals surface area contributed by atoms with Crippen molar-refractivity contribution >= 4 is 11.9 Å². The predicted octanol–water partition coefficient (Wildman–Crippen LogP) is 2.18. The van der Waals surface area contributed by atoms with E-state index in [-0.39, 0.29) is 25.9 Å². The molecule has 148 valence electrons. The second-order valence-electron chi connectivity index (χ2n) is 6.45. The van der Waals surface area contributed by atoms with E-state index in [1.165, 1.54) is 0 Å². The third kappa shape index (κ3) is 5.16. The maximum Gasteiger partial charge on any atom is 0.344 e. The fraction of sp³-hybridized carbons (Fsp3) is 0.333. The number of para-hydroxylation sites is 2. The molecule has 0 saturated heterocycles. The standard InChI is InChI=1S/C21H23NO6/c1-14-6-5-9-17(15(14)2)26-13-21(24)27-12-20(23)22-10-16-11-25-18-7-3-4-8-19(18)28-16/h3-9,16H,10-13H2,1-2H3,(H,22,23)/t16-/m0/s1. The SMILES string of the molecule is Cc1cccc(OCC(=O)OCC(=O)NC[C@H]2COc3ccccc3O2)c1C. The summed E-state index contributed by atoms with van der Waals surface area (Å²) in [7, 11) is 0. The van der Waals surface area contributed by atoms with Gasteiger partial charge in [-0.2, -0.15) is 0 Å². The summed E-state index contributed by atoms with van der Waals surface area (Å²) >= 11 is 0. The summed E-state index contributed by atoms with van der Waals surface area (Å²) in [5, 5.41) is 2.67. The molecule has 3 rings (SSSR count). The van der Waals surface area contributed by atoms with Crippen LogP contribution in [0.3, 0.4) is 0 Å². The molecule has 0 spiro atoms. The van der Waals surface area contributed by atoms with Gasteiger partial charge in [-0.1, -0.05) is 24.3 Å². The van der Waals surface area contributed by atoms with E-state index in [4.69, 9.17) is 18.9 Å². The number of esters is 1. The van der Waals surface area contributed by atoms with Gasteiger partial charge in [-0.3, -0.25) is 4.79 Å². The summed E-state index contributed by atoms with van der Waals surface area (Å²) in [6.45, 7) is 3.83. The van der Waals surface area contributed by atoms with Crippen LogP contribution >= 0.6 is 0 Å². The van der Waals surface area contributed by atoms with Crippen molar-refractivity contribution in [3.8, 4) is 17.2 Å². The smallest absolute Gasteiger partial charge is 0.344 e. The number of aryl methyl sites for hydroxylation is 1. The molecule has 0 aromatic heterocycles. The Labute approximate surface area is 163 Å². The van der Waals surface area contributed by atoms with Crippen LogP contribution in [0.4, 0.5) is 0 Å². The van der Waals surface area contributed by atoms with Gasteiger partial charge in [0, 0.05) is 0 Å². The van der Waals surface area contributed by atoms with Crippen LogP contribution in [0.5, 0.6) is 17.2 Å². The van der Waals surface area contributed by atoms with E-state index >= 15 is 0 Å². The topological polar surface area (TPSA) is 83.1 Å². The molecule has 1 N–H and O–H groups in total. The number of carbonyl (C=O) groups excluding carboxylic acids is 2. The van der Waals surface area contributed by atoms with Gasteiger partial charge >= 0.3 is 5.97 Å². The van der Waals surface area contributed by atoms with Gasteiger partial charge in [0.1, 0.15) is 18.5 Å². The summed E-state index contributed by atoms with van der Waals surface area (Å²) < 4.78 is 21.7. The highest BCUT2D eigenvalue weighted by Crippen LogP contribution is 2.30. The lowest BCUT2D eigenvalue weighted by Gasteiger charge is -2.26. The molecular weight excluding hydrogens is 362 g/mol. The van der Waals surface area contributed by atoms with E-state index in [0.29, 0.717) is 23.9 Å². The average molecular weight is 385 g/mol. The van der Waals surface area contributed by atoms with Gasteiger partial charge in [0.15, 0.2) is 24.7 Å². The van der Waals surface area contributed by atoms with Gasteiger partial charge in [-0.05, 0) is 43.2 Å². The Kier molecular flexibility index (Phi) is 6.37. The maximum atomic E-state index is 11.9. The lowest BCUT2D eigenvalue weighted by atomic mass is 10.1. The van der Waals surface area contributed by atoms with Crippen molar-refractivity contribution in [3.63, 3.8) is 0 Å². The largest absolute Gasteiger partial charge is 0.486 e. The molecule has 1 aliphatic rings. The highest BCUT2D eigenvalue weighted by molar-refractivity contribution is 5.80. The second kappa shape index (κ2) is 9.12. The van der Waals surface area contributed by atoms with Crippen molar-refractivity contribution in [2.24, 2.45) is 0 Å². The highest BCUT2D eigenvalue weighted by Gasteiger charge is 2.21. The molecule has 0 radical (unpaired) electrons. The number of benzene rings is 2. The van der Waals surface area contributed by atoms with Crippen molar-refractivity contribution in [2.75, 3.05) is 26.4 Å². The lowest BCUT2D eigenvalue weighted by Crippen LogP contribution is -2.42. The van der Waals surface area contributed by atoms with Crippen molar-refractivity contribution in [3.05, 3.63) is 53.6 Å². The van der Waals surface area contributed by atoms with Gasteiger partial charge in [0.25, 0.3) is 5.91 Å². The van der Waals surface area contributed by atoms with E-state index in [2.05, 4.69) is 5.32 Å². The number of carbonyl (C=O) groups is 2. The molecule has 0 fully saturated rings. The first-order valence-corrected chi connectivity index (χ1v) is 9.02. The van der Waals surface area contributed by atoms with Crippen LogP contribution in [0.2, 0.25) is 0 Å². The van der Waals surface area contributed by atoms with E-state index in [1.807, 2.05) is 44.2 Å². The minimum Gasteiger partial charge on any atom is -0.486 e. The molecule has 1 atom stereocenters. The van der Waals surface area contributed by atoms with Crippen LogP contribution in [-0.2, 0) is 14.3 Å². The Morgan fingerprint density at radius 2 is 1.86 bits per heavy atom. The Balaban J connectivity index is 1.35. The number of hydrogen-bond acceptors (Lipinski definition) is 6. The lowest BCUT2D eigenvalue weighted by molar-refractivity contribution is -0.150. The monoisotopic (exact) mass is 385 g/mol. The van der Waals surface area contributed by atoms with Crippen molar-refractivity contribution in [1.29, 1.82) is 0 Å². The first kappa shape index (κ1) is 19.5. The maximum absolute atomic E-state index is 11.9. The number of amides is 1. The molecule has 7 nitrogen and oxygen atoms in total. The Morgan fingerprint density at radius 1 is 1.07 bits per heavy atom. The third-order valence-electron chi connectivity index (χ3n) is 4.36. The molecule has 7 heteroatoms. The van der Waals surface area contributed by atoms with Crippen LogP contribution in [0.15, 0.2) is 42.5 Å². The molecule has 2 aromatic rings. The number of hydrogen-bond donors (Lipinski definition) is 1. The van der Waals surface area contributed by atoms with Crippen molar-refractivity contribution in [2.45, 2.75) is 20.0 Å². The molecule has 1 amide bonds. The normalized spacial score (nSPS) is 14.9. The van der Waals surface area contributed by atoms with Crippen molar-refractivity contribution in [1.82, 2.24) is 5.32 Å². The van der Waals surface area contributed by atoms with E-state index in [0.717, 1.165) is 11.1 Å². The summed E-state index contributed by atoms with van der Waals surface area (Å²) in [5.41, 5.74) is 2.03. The summed E-state index contributed by atoms with van der Waals surface area (Å²) in [4.78, 5) is 23.7. The van der Waals surface area contributed by atoms with E-state index in [1.54, 1.807) is 12.1 Å². The number of rotatable bonds is 7. The van der Waals surface area contributed by atoms with Crippen LogP contribution < -0.4 is 19.5 Å². The van der Waals surface area contributed by atoms with Crippen LogP contribution in [-0.4, -0.2) is 44.3 Å². The van der Waals surface area contributed by atoms with Crippen LogP contribution in [0, 0.1) is 13.8 Å². The Morgan fingerprint density at radius 3 is 2.68 bits per heavy atom. The fourth-order valence-electron chi connectivity index (χ4n) is 2.65. The molecule has 0 aliphatic carbocycles. The number of nitrogens with one attached hydrogen (secondary N) is 1. The third-order valence-corrected chi connectivity index (χ3v) is 4.36.